The zero-order valence-corrected chi connectivity index (χ0v) is 14.1. The second kappa shape index (κ2) is 7.03. The third-order valence-electron chi connectivity index (χ3n) is 3.21. The van der Waals surface area contributed by atoms with Gasteiger partial charge >= 0.3 is 6.03 Å². The number of benzene rings is 1. The molecule has 1 unspecified atom stereocenters. The SMILES string of the molecule is Cc1cc(CN(C)C(=O)NC(C)c2ccc(Cl)c(Cl)c2)no1. The molecule has 118 valence electrons. The van der Waals surface area contributed by atoms with Crippen LogP contribution in [0.1, 0.15) is 30.0 Å². The third kappa shape index (κ3) is 4.15. The van der Waals surface area contributed by atoms with Gasteiger partial charge in [0.25, 0.3) is 0 Å². The number of amides is 2. The highest BCUT2D eigenvalue weighted by Gasteiger charge is 2.15. The normalized spacial score (nSPS) is 12.0. The number of carbonyl (C=O) groups excluding carboxylic acids is 1. The lowest BCUT2D eigenvalue weighted by Crippen LogP contribution is -2.38. The van der Waals surface area contributed by atoms with Gasteiger partial charge in [-0.3, -0.25) is 0 Å². The van der Waals surface area contributed by atoms with Crippen LogP contribution in [-0.2, 0) is 6.54 Å². The number of aromatic nitrogens is 1. The van der Waals surface area contributed by atoms with Crippen molar-refractivity contribution in [2.24, 2.45) is 0 Å². The fourth-order valence-corrected chi connectivity index (χ4v) is 2.27. The highest BCUT2D eigenvalue weighted by Crippen LogP contribution is 2.25. The van der Waals surface area contributed by atoms with Gasteiger partial charge in [-0.1, -0.05) is 34.4 Å². The lowest BCUT2D eigenvalue weighted by Gasteiger charge is -2.21. The maximum atomic E-state index is 12.2. The van der Waals surface area contributed by atoms with Gasteiger partial charge in [0, 0.05) is 13.1 Å². The van der Waals surface area contributed by atoms with E-state index in [4.69, 9.17) is 27.7 Å². The minimum absolute atomic E-state index is 0.191. The van der Waals surface area contributed by atoms with Crippen LogP contribution in [0.25, 0.3) is 0 Å². The Bertz CT molecular complexity index is 673. The van der Waals surface area contributed by atoms with Gasteiger partial charge in [-0.2, -0.15) is 0 Å². The zero-order chi connectivity index (χ0) is 16.3. The van der Waals surface area contributed by atoms with Crippen LogP contribution in [0.15, 0.2) is 28.8 Å². The summed E-state index contributed by atoms with van der Waals surface area (Å²) in [5.74, 6) is 0.716. The van der Waals surface area contributed by atoms with E-state index in [0.717, 1.165) is 5.56 Å². The molecule has 0 aliphatic carbocycles. The van der Waals surface area contributed by atoms with Crippen molar-refractivity contribution in [1.29, 1.82) is 0 Å². The molecule has 22 heavy (non-hydrogen) atoms. The molecule has 1 aromatic heterocycles. The highest BCUT2D eigenvalue weighted by molar-refractivity contribution is 6.42. The quantitative estimate of drug-likeness (QED) is 0.906. The summed E-state index contributed by atoms with van der Waals surface area (Å²) >= 11 is 11.9. The third-order valence-corrected chi connectivity index (χ3v) is 3.95. The summed E-state index contributed by atoms with van der Waals surface area (Å²) in [6.07, 6.45) is 0. The van der Waals surface area contributed by atoms with Gasteiger partial charge in [0.15, 0.2) is 0 Å². The maximum Gasteiger partial charge on any atom is 0.317 e. The summed E-state index contributed by atoms with van der Waals surface area (Å²) in [6, 6.07) is 6.69. The standard InChI is InChI=1S/C15H17Cl2N3O2/c1-9-6-12(19-22-9)8-20(3)15(21)18-10(2)11-4-5-13(16)14(17)7-11/h4-7,10H,8H2,1-3H3,(H,18,21). The fourth-order valence-electron chi connectivity index (χ4n) is 1.97. The lowest BCUT2D eigenvalue weighted by molar-refractivity contribution is 0.202. The number of aryl methyl sites for hydroxylation is 1. The van der Waals surface area contributed by atoms with Gasteiger partial charge < -0.3 is 14.7 Å². The molecule has 0 aliphatic rings. The maximum absolute atomic E-state index is 12.2. The minimum atomic E-state index is -0.209. The van der Waals surface area contributed by atoms with E-state index in [1.54, 1.807) is 25.2 Å². The zero-order valence-electron chi connectivity index (χ0n) is 12.6. The van der Waals surface area contributed by atoms with Crippen LogP contribution in [-0.4, -0.2) is 23.1 Å². The first-order valence-electron chi connectivity index (χ1n) is 6.75. The molecule has 1 atom stereocenters. The van der Waals surface area contributed by atoms with E-state index in [0.29, 0.717) is 28.0 Å². The van der Waals surface area contributed by atoms with E-state index < -0.39 is 0 Å². The molecule has 1 heterocycles. The number of carbonyl (C=O) groups is 1. The molecule has 0 bridgehead atoms. The Morgan fingerprint density at radius 3 is 2.68 bits per heavy atom. The van der Waals surface area contributed by atoms with E-state index in [-0.39, 0.29) is 12.1 Å². The molecule has 0 fully saturated rings. The molecule has 1 N–H and O–H groups in total. The van der Waals surface area contributed by atoms with Gasteiger partial charge in [-0.15, -0.1) is 0 Å². The second-order valence-electron chi connectivity index (χ2n) is 5.13. The fraction of sp³-hybridized carbons (Fsp3) is 0.333. The minimum Gasteiger partial charge on any atom is -0.361 e. The predicted octanol–water partition coefficient (Wildman–Crippen LogP) is 4.19. The van der Waals surface area contributed by atoms with Gasteiger partial charge in [-0.25, -0.2) is 4.79 Å². The molecule has 0 saturated heterocycles. The topological polar surface area (TPSA) is 58.4 Å². The Morgan fingerprint density at radius 1 is 1.36 bits per heavy atom. The van der Waals surface area contributed by atoms with Crippen molar-refractivity contribution in [3.05, 3.63) is 51.3 Å². The van der Waals surface area contributed by atoms with Crippen molar-refractivity contribution in [2.75, 3.05) is 7.05 Å². The number of nitrogens with zero attached hydrogens (tertiary/aromatic N) is 2. The smallest absolute Gasteiger partial charge is 0.317 e. The molecular formula is C15H17Cl2N3O2. The molecule has 1 aromatic carbocycles. The Hall–Kier alpha value is -1.72. The van der Waals surface area contributed by atoms with Crippen LogP contribution in [0.4, 0.5) is 4.79 Å². The number of nitrogens with one attached hydrogen (secondary N) is 1. The summed E-state index contributed by atoms with van der Waals surface area (Å²) < 4.78 is 4.98. The summed E-state index contributed by atoms with van der Waals surface area (Å²) in [5.41, 5.74) is 1.59. The molecule has 0 aliphatic heterocycles. The molecule has 2 aromatic rings. The van der Waals surface area contributed by atoms with Crippen LogP contribution >= 0.6 is 23.2 Å². The summed E-state index contributed by atoms with van der Waals surface area (Å²) in [7, 11) is 1.70. The van der Waals surface area contributed by atoms with Crippen LogP contribution in [0.3, 0.4) is 0 Å². The van der Waals surface area contributed by atoms with Gasteiger partial charge in [0.2, 0.25) is 0 Å². The molecule has 5 nitrogen and oxygen atoms in total. The molecule has 0 spiro atoms. The van der Waals surface area contributed by atoms with E-state index in [1.165, 1.54) is 4.90 Å². The van der Waals surface area contributed by atoms with Crippen molar-refractivity contribution in [3.63, 3.8) is 0 Å². The Balaban J connectivity index is 1.96. The molecule has 0 radical (unpaired) electrons. The molecule has 2 rings (SSSR count). The highest BCUT2D eigenvalue weighted by atomic mass is 35.5. The van der Waals surface area contributed by atoms with Crippen LogP contribution in [0.2, 0.25) is 10.0 Å². The van der Waals surface area contributed by atoms with Crippen molar-refractivity contribution >= 4 is 29.2 Å². The molecule has 0 saturated carbocycles. The monoisotopic (exact) mass is 341 g/mol. The molecule has 2 amide bonds. The van der Waals surface area contributed by atoms with E-state index >= 15 is 0 Å². The second-order valence-corrected chi connectivity index (χ2v) is 5.94. The van der Waals surface area contributed by atoms with Gasteiger partial charge in [0.05, 0.1) is 22.6 Å². The number of halogens is 2. The van der Waals surface area contributed by atoms with E-state index in [9.17, 15) is 4.79 Å². The number of rotatable bonds is 4. The summed E-state index contributed by atoms with van der Waals surface area (Å²) in [5, 5.41) is 7.72. The summed E-state index contributed by atoms with van der Waals surface area (Å²) in [6.45, 7) is 4.06. The first-order valence-corrected chi connectivity index (χ1v) is 7.51. The molecular weight excluding hydrogens is 325 g/mol. The lowest BCUT2D eigenvalue weighted by atomic mass is 10.1. The number of hydrogen-bond donors (Lipinski definition) is 1. The predicted molar refractivity (Wildman–Crippen MR) is 86.1 cm³/mol. The average molecular weight is 342 g/mol. The van der Waals surface area contributed by atoms with Gasteiger partial charge in [-0.05, 0) is 31.5 Å². The molecule has 7 heteroatoms. The van der Waals surface area contributed by atoms with Crippen LogP contribution in [0, 0.1) is 6.92 Å². The van der Waals surface area contributed by atoms with Crippen LogP contribution in [0.5, 0.6) is 0 Å². The largest absolute Gasteiger partial charge is 0.361 e. The van der Waals surface area contributed by atoms with Crippen molar-refractivity contribution in [1.82, 2.24) is 15.4 Å². The average Bonchev–Trinajstić information content (AvgIpc) is 2.86. The van der Waals surface area contributed by atoms with E-state index in [1.807, 2.05) is 19.9 Å². The van der Waals surface area contributed by atoms with Gasteiger partial charge in [0.1, 0.15) is 11.5 Å². The van der Waals surface area contributed by atoms with Crippen molar-refractivity contribution < 1.29 is 9.32 Å². The van der Waals surface area contributed by atoms with E-state index in [2.05, 4.69) is 10.5 Å². The first-order chi connectivity index (χ1) is 10.4. The Kier molecular flexibility index (Phi) is 5.32. The van der Waals surface area contributed by atoms with Crippen molar-refractivity contribution in [3.8, 4) is 0 Å². The van der Waals surface area contributed by atoms with Crippen molar-refractivity contribution in [2.45, 2.75) is 26.4 Å². The summed E-state index contributed by atoms with van der Waals surface area (Å²) in [4.78, 5) is 13.7. The Morgan fingerprint density at radius 2 is 2.09 bits per heavy atom. The first kappa shape index (κ1) is 16.6. The number of hydrogen-bond acceptors (Lipinski definition) is 3. The van der Waals surface area contributed by atoms with Crippen LogP contribution < -0.4 is 5.32 Å². The Labute approximate surface area is 139 Å². The number of urea groups is 1.